The van der Waals surface area contributed by atoms with Crippen LogP contribution in [-0.2, 0) is 25.4 Å². The van der Waals surface area contributed by atoms with E-state index < -0.39 is 0 Å². The number of carbonyl (C=O) groups excluding carboxylic acids is 1. The molecule has 140 valence electrons. The standard InChI is InChI=1S/C18H25N5O3/c1-11(23-12-4-5-13(23)9-14(24)8-12)6-7-22-10-19-16-15(22)17(25)21(3)18(26)20(16)2/h10-13H,4-9H2,1-3H3. The number of hydrogen-bond donors (Lipinski definition) is 0. The van der Waals surface area contributed by atoms with Crippen LogP contribution in [0.5, 0.6) is 0 Å². The van der Waals surface area contributed by atoms with Gasteiger partial charge in [0.05, 0.1) is 6.33 Å². The molecule has 8 heteroatoms. The SMILES string of the molecule is CC(CCn1cnc2c1c(=O)n(C)c(=O)n2C)N1C2CCC1CC(=O)C2. The Morgan fingerprint density at radius 1 is 1.12 bits per heavy atom. The van der Waals surface area contributed by atoms with Crippen LogP contribution >= 0.6 is 0 Å². The maximum Gasteiger partial charge on any atom is 0.332 e. The lowest BCUT2D eigenvalue weighted by molar-refractivity contribution is -0.124. The summed E-state index contributed by atoms with van der Waals surface area (Å²) >= 11 is 0. The first-order valence-corrected chi connectivity index (χ1v) is 9.28. The van der Waals surface area contributed by atoms with Crippen molar-refractivity contribution >= 4 is 16.9 Å². The van der Waals surface area contributed by atoms with E-state index in [1.807, 2.05) is 4.57 Å². The van der Waals surface area contributed by atoms with Gasteiger partial charge in [-0.05, 0) is 26.2 Å². The summed E-state index contributed by atoms with van der Waals surface area (Å²) in [5, 5.41) is 0. The highest BCUT2D eigenvalue weighted by atomic mass is 16.2. The molecule has 0 radical (unpaired) electrons. The van der Waals surface area contributed by atoms with Gasteiger partial charge >= 0.3 is 5.69 Å². The van der Waals surface area contributed by atoms with E-state index in [1.165, 1.54) is 11.6 Å². The molecule has 2 saturated heterocycles. The van der Waals surface area contributed by atoms with Crippen LogP contribution in [-0.4, -0.2) is 47.5 Å². The first-order valence-electron chi connectivity index (χ1n) is 9.28. The summed E-state index contributed by atoms with van der Waals surface area (Å²) < 4.78 is 4.39. The van der Waals surface area contributed by atoms with Gasteiger partial charge in [0.2, 0.25) is 0 Å². The number of fused-ring (bicyclic) bond motifs is 3. The van der Waals surface area contributed by atoms with Crippen LogP contribution in [0.25, 0.3) is 11.2 Å². The van der Waals surface area contributed by atoms with Crippen molar-refractivity contribution in [3.63, 3.8) is 0 Å². The van der Waals surface area contributed by atoms with Crippen LogP contribution in [0.4, 0.5) is 0 Å². The lowest BCUT2D eigenvalue weighted by Gasteiger charge is -2.38. The molecule has 0 saturated carbocycles. The number of nitrogens with zero attached hydrogens (tertiary/aromatic N) is 5. The largest absolute Gasteiger partial charge is 0.332 e. The fraction of sp³-hybridized carbons (Fsp3) is 0.667. The topological polar surface area (TPSA) is 82.1 Å². The van der Waals surface area contributed by atoms with Gasteiger partial charge in [-0.15, -0.1) is 0 Å². The maximum absolute atomic E-state index is 12.5. The second-order valence-electron chi connectivity index (χ2n) is 7.73. The number of ketones is 1. The Kier molecular flexibility index (Phi) is 4.10. The fourth-order valence-electron chi connectivity index (χ4n) is 4.77. The monoisotopic (exact) mass is 359 g/mol. The van der Waals surface area contributed by atoms with Gasteiger partial charge in [-0.25, -0.2) is 9.78 Å². The Morgan fingerprint density at radius 3 is 2.42 bits per heavy atom. The van der Waals surface area contributed by atoms with E-state index in [2.05, 4.69) is 16.8 Å². The molecule has 0 aliphatic carbocycles. The molecule has 2 aliphatic rings. The average Bonchev–Trinajstić information content (AvgIpc) is 3.15. The highest BCUT2D eigenvalue weighted by molar-refractivity contribution is 5.81. The number of piperidine rings is 1. The molecule has 3 unspecified atom stereocenters. The Hall–Kier alpha value is -2.22. The van der Waals surface area contributed by atoms with E-state index in [0.717, 1.165) is 23.8 Å². The van der Waals surface area contributed by atoms with E-state index in [-0.39, 0.29) is 11.2 Å². The van der Waals surface area contributed by atoms with Crippen LogP contribution in [0, 0.1) is 0 Å². The molecule has 8 nitrogen and oxygen atoms in total. The summed E-state index contributed by atoms with van der Waals surface area (Å²) in [5.41, 5.74) is 0.223. The van der Waals surface area contributed by atoms with Crippen molar-refractivity contribution in [3.05, 3.63) is 27.2 Å². The van der Waals surface area contributed by atoms with Crippen molar-refractivity contribution in [2.24, 2.45) is 14.1 Å². The summed E-state index contributed by atoms with van der Waals surface area (Å²) in [4.78, 5) is 43.1. The van der Waals surface area contributed by atoms with E-state index in [1.54, 1.807) is 13.4 Å². The summed E-state index contributed by atoms with van der Waals surface area (Å²) in [6, 6.07) is 1.10. The number of carbonyl (C=O) groups is 1. The third-order valence-corrected chi connectivity index (χ3v) is 6.12. The summed E-state index contributed by atoms with van der Waals surface area (Å²) in [7, 11) is 3.12. The number of rotatable bonds is 4. The van der Waals surface area contributed by atoms with Gasteiger partial charge < -0.3 is 4.57 Å². The third-order valence-electron chi connectivity index (χ3n) is 6.12. The molecule has 4 heterocycles. The predicted octanol–water partition coefficient (Wildman–Crippen LogP) is 0.408. The number of Topliss-reactive ketones (excluding diaryl/α,β-unsaturated/α-hetero) is 1. The van der Waals surface area contributed by atoms with Gasteiger partial charge in [0.1, 0.15) is 5.78 Å². The summed E-state index contributed by atoms with van der Waals surface area (Å²) in [6.07, 6.45) is 6.09. The molecule has 2 aliphatic heterocycles. The molecule has 0 spiro atoms. The predicted molar refractivity (Wildman–Crippen MR) is 97.2 cm³/mol. The number of imidazole rings is 1. The van der Waals surface area contributed by atoms with Crippen LogP contribution in [0.15, 0.2) is 15.9 Å². The maximum atomic E-state index is 12.5. The number of aryl methyl sites for hydroxylation is 2. The Bertz CT molecular complexity index is 969. The lowest BCUT2D eigenvalue weighted by atomic mass is 9.98. The van der Waals surface area contributed by atoms with Crippen molar-refractivity contribution in [1.29, 1.82) is 0 Å². The molecule has 2 aromatic heterocycles. The smallest absolute Gasteiger partial charge is 0.325 e. The number of hydrogen-bond acceptors (Lipinski definition) is 5. The van der Waals surface area contributed by atoms with Crippen molar-refractivity contribution in [2.45, 2.75) is 63.7 Å². The fourth-order valence-corrected chi connectivity index (χ4v) is 4.77. The Labute approximate surface area is 151 Å². The van der Waals surface area contributed by atoms with E-state index in [4.69, 9.17) is 0 Å². The first kappa shape index (κ1) is 17.2. The zero-order valence-corrected chi connectivity index (χ0v) is 15.5. The van der Waals surface area contributed by atoms with Gasteiger partial charge in [0.25, 0.3) is 5.56 Å². The highest BCUT2D eigenvalue weighted by Gasteiger charge is 2.41. The minimum Gasteiger partial charge on any atom is -0.325 e. The van der Waals surface area contributed by atoms with Gasteiger partial charge in [-0.2, -0.15) is 0 Å². The Morgan fingerprint density at radius 2 is 1.77 bits per heavy atom. The van der Waals surface area contributed by atoms with Crippen molar-refractivity contribution in [1.82, 2.24) is 23.6 Å². The molecule has 2 aromatic rings. The molecule has 0 N–H and O–H groups in total. The molecule has 2 bridgehead atoms. The summed E-state index contributed by atoms with van der Waals surface area (Å²) in [5.74, 6) is 0.394. The lowest BCUT2D eigenvalue weighted by Crippen LogP contribution is -2.48. The molecule has 0 aromatic carbocycles. The zero-order chi connectivity index (χ0) is 18.6. The van der Waals surface area contributed by atoms with Crippen LogP contribution in [0.3, 0.4) is 0 Å². The van der Waals surface area contributed by atoms with E-state index in [9.17, 15) is 14.4 Å². The minimum absolute atomic E-state index is 0.308. The van der Waals surface area contributed by atoms with Gasteiger partial charge in [0.15, 0.2) is 11.2 Å². The van der Waals surface area contributed by atoms with E-state index >= 15 is 0 Å². The number of aromatic nitrogens is 4. The molecule has 2 fully saturated rings. The minimum atomic E-state index is -0.365. The highest BCUT2D eigenvalue weighted by Crippen LogP contribution is 2.36. The zero-order valence-electron chi connectivity index (χ0n) is 15.5. The summed E-state index contributed by atoms with van der Waals surface area (Å²) in [6.45, 7) is 2.86. The van der Waals surface area contributed by atoms with Crippen LogP contribution < -0.4 is 11.2 Å². The van der Waals surface area contributed by atoms with Crippen molar-refractivity contribution in [2.75, 3.05) is 0 Å². The normalized spacial score (nSPS) is 24.5. The quantitative estimate of drug-likeness (QED) is 0.790. The van der Waals surface area contributed by atoms with Crippen LogP contribution in [0.1, 0.15) is 39.0 Å². The molecule has 3 atom stereocenters. The third kappa shape index (κ3) is 2.55. The van der Waals surface area contributed by atoms with Gasteiger partial charge in [0, 0.05) is 51.6 Å². The van der Waals surface area contributed by atoms with Crippen LogP contribution in [0.2, 0.25) is 0 Å². The molecule has 4 rings (SSSR count). The molecule has 0 amide bonds. The average molecular weight is 359 g/mol. The van der Waals surface area contributed by atoms with E-state index in [0.29, 0.717) is 54.5 Å². The second kappa shape index (κ2) is 6.19. The molecular weight excluding hydrogens is 334 g/mol. The first-order chi connectivity index (χ1) is 12.4. The van der Waals surface area contributed by atoms with Crippen molar-refractivity contribution < 1.29 is 4.79 Å². The molecular formula is C18H25N5O3. The van der Waals surface area contributed by atoms with Gasteiger partial charge in [-0.1, -0.05) is 0 Å². The van der Waals surface area contributed by atoms with Gasteiger partial charge in [-0.3, -0.25) is 23.6 Å². The van der Waals surface area contributed by atoms with Crippen molar-refractivity contribution in [3.8, 4) is 0 Å². The second-order valence-corrected chi connectivity index (χ2v) is 7.73. The molecule has 26 heavy (non-hydrogen) atoms. The Balaban J connectivity index is 1.57.